The summed E-state index contributed by atoms with van der Waals surface area (Å²) in [5.41, 5.74) is 0. The fourth-order valence-electron chi connectivity index (χ4n) is 2.62. The van der Waals surface area contributed by atoms with Crippen LogP contribution >= 0.6 is 0 Å². The zero-order valence-electron chi connectivity index (χ0n) is 11.0. The predicted molar refractivity (Wildman–Crippen MR) is 70.4 cm³/mol. The molecule has 0 aromatic heterocycles. The Hall–Kier alpha value is -1.70. The van der Waals surface area contributed by atoms with Gasteiger partial charge in [0, 0.05) is 12.6 Å². The SMILES string of the molecule is C#CCN(CC1CC1)C(=O)NC1CCCC1C(=O)O. The van der Waals surface area contributed by atoms with E-state index in [4.69, 9.17) is 11.5 Å². The molecule has 2 unspecified atom stereocenters. The van der Waals surface area contributed by atoms with Gasteiger partial charge in [0.1, 0.15) is 0 Å². The molecule has 5 heteroatoms. The number of nitrogens with one attached hydrogen (secondary N) is 1. The Labute approximate surface area is 113 Å². The molecule has 0 aliphatic heterocycles. The maximum absolute atomic E-state index is 12.1. The van der Waals surface area contributed by atoms with E-state index in [1.165, 1.54) is 0 Å². The number of terminal acetylenes is 1. The van der Waals surface area contributed by atoms with Gasteiger partial charge in [-0.15, -0.1) is 6.42 Å². The topological polar surface area (TPSA) is 69.6 Å². The van der Waals surface area contributed by atoms with Crippen molar-refractivity contribution in [3.63, 3.8) is 0 Å². The summed E-state index contributed by atoms with van der Waals surface area (Å²) in [7, 11) is 0. The second-order valence-corrected chi connectivity index (χ2v) is 5.46. The molecular weight excluding hydrogens is 244 g/mol. The molecule has 2 amide bonds. The van der Waals surface area contributed by atoms with E-state index in [0.29, 0.717) is 18.9 Å². The molecule has 2 saturated carbocycles. The van der Waals surface area contributed by atoms with Crippen molar-refractivity contribution in [3.8, 4) is 12.3 Å². The normalized spacial score (nSPS) is 25.6. The van der Waals surface area contributed by atoms with E-state index in [0.717, 1.165) is 25.7 Å². The van der Waals surface area contributed by atoms with Crippen LogP contribution in [0.1, 0.15) is 32.1 Å². The van der Waals surface area contributed by atoms with Crippen molar-refractivity contribution in [1.82, 2.24) is 10.2 Å². The Kier molecular flexibility index (Phi) is 4.31. The van der Waals surface area contributed by atoms with Gasteiger partial charge in [0.25, 0.3) is 0 Å². The first-order valence-corrected chi connectivity index (χ1v) is 6.83. The summed E-state index contributed by atoms with van der Waals surface area (Å²) in [6, 6.07) is -0.479. The Morgan fingerprint density at radius 2 is 2.05 bits per heavy atom. The van der Waals surface area contributed by atoms with Crippen LogP contribution in [0.25, 0.3) is 0 Å². The maximum atomic E-state index is 12.1. The lowest BCUT2D eigenvalue weighted by Crippen LogP contribution is -2.48. The van der Waals surface area contributed by atoms with Crippen LogP contribution in [0.15, 0.2) is 0 Å². The fourth-order valence-corrected chi connectivity index (χ4v) is 2.62. The van der Waals surface area contributed by atoms with E-state index in [2.05, 4.69) is 11.2 Å². The van der Waals surface area contributed by atoms with Crippen LogP contribution in [0.5, 0.6) is 0 Å². The first kappa shape index (κ1) is 13.7. The molecular formula is C14H20N2O3. The zero-order valence-corrected chi connectivity index (χ0v) is 11.0. The highest BCUT2D eigenvalue weighted by molar-refractivity contribution is 5.77. The number of hydrogen-bond donors (Lipinski definition) is 2. The third kappa shape index (κ3) is 3.63. The Morgan fingerprint density at radius 3 is 2.63 bits per heavy atom. The van der Waals surface area contributed by atoms with Crippen molar-refractivity contribution in [2.45, 2.75) is 38.1 Å². The second kappa shape index (κ2) is 5.96. The summed E-state index contributed by atoms with van der Waals surface area (Å²) in [5.74, 6) is 1.77. The van der Waals surface area contributed by atoms with E-state index < -0.39 is 11.9 Å². The number of rotatable bonds is 5. The van der Waals surface area contributed by atoms with Crippen molar-refractivity contribution in [2.75, 3.05) is 13.1 Å². The molecule has 0 aromatic carbocycles. The van der Waals surface area contributed by atoms with Gasteiger partial charge in [0.15, 0.2) is 0 Å². The van der Waals surface area contributed by atoms with Gasteiger partial charge in [0.2, 0.25) is 0 Å². The Morgan fingerprint density at radius 1 is 1.32 bits per heavy atom. The summed E-state index contributed by atoms with van der Waals surface area (Å²) in [6.07, 6.45) is 9.79. The zero-order chi connectivity index (χ0) is 13.8. The van der Waals surface area contributed by atoms with Gasteiger partial charge in [-0.3, -0.25) is 4.79 Å². The first-order valence-electron chi connectivity index (χ1n) is 6.83. The molecule has 2 fully saturated rings. The van der Waals surface area contributed by atoms with Crippen LogP contribution < -0.4 is 5.32 Å². The Balaban J connectivity index is 1.90. The summed E-state index contributed by atoms with van der Waals surface area (Å²) in [6.45, 7) is 0.966. The minimum Gasteiger partial charge on any atom is -0.481 e. The smallest absolute Gasteiger partial charge is 0.318 e. The van der Waals surface area contributed by atoms with Gasteiger partial charge in [0.05, 0.1) is 12.5 Å². The molecule has 0 bridgehead atoms. The highest BCUT2D eigenvalue weighted by Crippen LogP contribution is 2.30. The van der Waals surface area contributed by atoms with Crippen molar-refractivity contribution < 1.29 is 14.7 Å². The molecule has 0 radical (unpaired) electrons. The molecule has 2 rings (SSSR count). The van der Waals surface area contributed by atoms with Gasteiger partial charge in [-0.1, -0.05) is 12.3 Å². The van der Waals surface area contributed by atoms with E-state index in [-0.39, 0.29) is 18.6 Å². The highest BCUT2D eigenvalue weighted by Gasteiger charge is 2.35. The molecule has 2 N–H and O–H groups in total. The van der Waals surface area contributed by atoms with Crippen molar-refractivity contribution in [2.24, 2.45) is 11.8 Å². The lowest BCUT2D eigenvalue weighted by molar-refractivity contribution is -0.142. The number of carboxylic acid groups (broad SMARTS) is 1. The molecule has 104 valence electrons. The van der Waals surface area contributed by atoms with Crippen LogP contribution in [0, 0.1) is 24.2 Å². The number of urea groups is 1. The Bertz CT molecular complexity index is 398. The van der Waals surface area contributed by atoms with Crippen LogP contribution in [0.2, 0.25) is 0 Å². The second-order valence-electron chi connectivity index (χ2n) is 5.46. The molecule has 0 saturated heterocycles. The van der Waals surface area contributed by atoms with E-state index in [1.807, 2.05) is 0 Å². The quantitative estimate of drug-likeness (QED) is 0.735. The number of carbonyl (C=O) groups excluding carboxylic acids is 1. The van der Waals surface area contributed by atoms with Gasteiger partial charge in [-0.2, -0.15) is 0 Å². The number of nitrogens with zero attached hydrogens (tertiary/aromatic N) is 1. The average molecular weight is 264 g/mol. The summed E-state index contributed by atoms with van der Waals surface area (Å²) >= 11 is 0. The van der Waals surface area contributed by atoms with Crippen LogP contribution in [0.4, 0.5) is 4.79 Å². The molecule has 19 heavy (non-hydrogen) atoms. The minimum atomic E-state index is -0.825. The number of amides is 2. The van der Waals surface area contributed by atoms with E-state index in [9.17, 15) is 9.59 Å². The first-order chi connectivity index (χ1) is 9.11. The molecule has 5 nitrogen and oxygen atoms in total. The summed E-state index contributed by atoms with van der Waals surface area (Å²) < 4.78 is 0. The molecule has 2 atom stereocenters. The lowest BCUT2D eigenvalue weighted by Gasteiger charge is -2.25. The van der Waals surface area contributed by atoms with Crippen LogP contribution in [0.3, 0.4) is 0 Å². The van der Waals surface area contributed by atoms with Gasteiger partial charge < -0.3 is 15.3 Å². The number of carbonyl (C=O) groups is 2. The number of aliphatic carboxylic acids is 1. The molecule has 0 aromatic rings. The highest BCUT2D eigenvalue weighted by atomic mass is 16.4. The standard InChI is InChI=1S/C14H20N2O3/c1-2-8-16(9-10-6-7-10)14(19)15-12-5-3-4-11(12)13(17)18/h1,10-12H,3-9H2,(H,15,19)(H,17,18). The van der Waals surface area contributed by atoms with Gasteiger partial charge in [-0.25, -0.2) is 4.79 Å². The van der Waals surface area contributed by atoms with Crippen molar-refractivity contribution in [3.05, 3.63) is 0 Å². The van der Waals surface area contributed by atoms with Crippen molar-refractivity contribution >= 4 is 12.0 Å². The van der Waals surface area contributed by atoms with E-state index >= 15 is 0 Å². The molecule has 2 aliphatic rings. The summed E-state index contributed by atoms with van der Waals surface area (Å²) in [4.78, 5) is 24.8. The fraction of sp³-hybridized carbons (Fsp3) is 0.714. The van der Waals surface area contributed by atoms with Gasteiger partial charge >= 0.3 is 12.0 Å². The molecule has 0 heterocycles. The number of carboxylic acids is 1. The largest absolute Gasteiger partial charge is 0.481 e. The summed E-state index contributed by atoms with van der Waals surface area (Å²) in [5, 5.41) is 11.9. The maximum Gasteiger partial charge on any atom is 0.318 e. The average Bonchev–Trinajstić information content (AvgIpc) is 3.05. The van der Waals surface area contributed by atoms with Gasteiger partial charge in [-0.05, 0) is 31.6 Å². The monoisotopic (exact) mass is 264 g/mol. The minimum absolute atomic E-state index is 0.219. The van der Waals surface area contributed by atoms with Crippen LogP contribution in [-0.4, -0.2) is 41.1 Å². The lowest BCUT2D eigenvalue weighted by atomic mass is 10.0. The molecule has 0 spiro atoms. The number of hydrogen-bond acceptors (Lipinski definition) is 2. The predicted octanol–water partition coefficient (Wildman–Crippen LogP) is 1.29. The van der Waals surface area contributed by atoms with E-state index in [1.54, 1.807) is 4.90 Å². The molecule has 2 aliphatic carbocycles. The third-order valence-corrected chi connectivity index (χ3v) is 3.89. The van der Waals surface area contributed by atoms with Crippen molar-refractivity contribution in [1.29, 1.82) is 0 Å². The third-order valence-electron chi connectivity index (χ3n) is 3.89. The van der Waals surface area contributed by atoms with Crippen LogP contribution in [-0.2, 0) is 4.79 Å².